The molecule has 0 amide bonds. The van der Waals surface area contributed by atoms with Crippen LogP contribution in [0, 0.1) is 11.2 Å². The van der Waals surface area contributed by atoms with Gasteiger partial charge in [0.05, 0.1) is 0 Å². The molecule has 0 radical (unpaired) electrons. The lowest BCUT2D eigenvalue weighted by Crippen LogP contribution is -2.39. The van der Waals surface area contributed by atoms with E-state index in [1.165, 1.54) is 6.07 Å². The molecule has 0 aromatic heterocycles. The van der Waals surface area contributed by atoms with Gasteiger partial charge in [-0.1, -0.05) is 32.9 Å². The Kier molecular flexibility index (Phi) is 4.09. The largest absolute Gasteiger partial charge is 0.307 e. The maximum absolute atomic E-state index is 13.1. The van der Waals surface area contributed by atoms with Crippen molar-refractivity contribution >= 4 is 0 Å². The highest BCUT2D eigenvalue weighted by atomic mass is 19.1. The van der Waals surface area contributed by atoms with Crippen molar-refractivity contribution < 1.29 is 4.39 Å². The Morgan fingerprint density at radius 1 is 1.19 bits per heavy atom. The van der Waals surface area contributed by atoms with Crippen LogP contribution in [0.15, 0.2) is 24.3 Å². The summed E-state index contributed by atoms with van der Waals surface area (Å²) < 4.78 is 13.1. The molecule has 2 heteroatoms. The molecular formula is C14H22FN. The van der Waals surface area contributed by atoms with E-state index in [2.05, 4.69) is 39.9 Å². The normalized spacial score (nSPS) is 15.9. The molecule has 0 heterocycles. The molecule has 0 aliphatic heterocycles. The monoisotopic (exact) mass is 223 g/mol. The van der Waals surface area contributed by atoms with Gasteiger partial charge in [-0.2, -0.15) is 0 Å². The van der Waals surface area contributed by atoms with E-state index < -0.39 is 0 Å². The fourth-order valence-corrected chi connectivity index (χ4v) is 1.50. The summed E-state index contributed by atoms with van der Waals surface area (Å²) in [5.74, 6) is -0.172. The van der Waals surface area contributed by atoms with Gasteiger partial charge in [-0.05, 0) is 37.0 Å². The van der Waals surface area contributed by atoms with Crippen LogP contribution in [0.25, 0.3) is 0 Å². The smallest absolute Gasteiger partial charge is 0.123 e. The van der Waals surface area contributed by atoms with Crippen LogP contribution >= 0.6 is 0 Å². The van der Waals surface area contributed by atoms with E-state index in [1.54, 1.807) is 12.1 Å². The van der Waals surface area contributed by atoms with Crippen LogP contribution in [-0.2, 0) is 0 Å². The van der Waals surface area contributed by atoms with Crippen LogP contribution in [0.4, 0.5) is 4.39 Å². The van der Waals surface area contributed by atoms with Gasteiger partial charge >= 0.3 is 0 Å². The highest BCUT2D eigenvalue weighted by Gasteiger charge is 2.21. The van der Waals surface area contributed by atoms with Crippen LogP contribution in [-0.4, -0.2) is 6.04 Å². The molecule has 0 aliphatic carbocycles. The summed E-state index contributed by atoms with van der Waals surface area (Å²) in [6.07, 6.45) is 0. The molecule has 1 N–H and O–H groups in total. The molecule has 1 nitrogen and oxygen atoms in total. The quantitative estimate of drug-likeness (QED) is 0.819. The minimum absolute atomic E-state index is 0.171. The Morgan fingerprint density at radius 3 is 2.31 bits per heavy atom. The number of hydrogen-bond donors (Lipinski definition) is 1. The minimum atomic E-state index is -0.172. The zero-order valence-electron chi connectivity index (χ0n) is 10.8. The first kappa shape index (κ1) is 13.2. The second kappa shape index (κ2) is 4.96. The highest BCUT2D eigenvalue weighted by molar-refractivity contribution is 5.19. The fraction of sp³-hybridized carbons (Fsp3) is 0.571. The van der Waals surface area contributed by atoms with Crippen molar-refractivity contribution in [1.82, 2.24) is 5.32 Å². The van der Waals surface area contributed by atoms with Crippen LogP contribution in [0.2, 0.25) is 0 Å². The number of halogens is 1. The summed E-state index contributed by atoms with van der Waals surface area (Å²) in [6.45, 7) is 10.8. The SMILES string of the molecule is CC(NC(C)C(C)(C)C)c1cccc(F)c1. The minimum Gasteiger partial charge on any atom is -0.307 e. The molecule has 16 heavy (non-hydrogen) atoms. The molecule has 0 fully saturated rings. The van der Waals surface area contributed by atoms with Crippen molar-refractivity contribution in [2.24, 2.45) is 5.41 Å². The van der Waals surface area contributed by atoms with E-state index in [-0.39, 0.29) is 17.3 Å². The van der Waals surface area contributed by atoms with Crippen LogP contribution in [0.1, 0.15) is 46.2 Å². The molecule has 1 aromatic carbocycles. The third kappa shape index (κ3) is 3.60. The van der Waals surface area contributed by atoms with Gasteiger partial charge in [0, 0.05) is 12.1 Å². The molecule has 0 aliphatic rings. The molecule has 1 rings (SSSR count). The summed E-state index contributed by atoms with van der Waals surface area (Å²) >= 11 is 0. The van der Waals surface area contributed by atoms with E-state index in [9.17, 15) is 4.39 Å². The third-order valence-electron chi connectivity index (χ3n) is 3.15. The van der Waals surface area contributed by atoms with E-state index >= 15 is 0 Å². The third-order valence-corrected chi connectivity index (χ3v) is 3.15. The first-order chi connectivity index (χ1) is 7.30. The Morgan fingerprint density at radius 2 is 1.81 bits per heavy atom. The predicted octanol–water partition coefficient (Wildman–Crippen LogP) is 3.91. The van der Waals surface area contributed by atoms with Gasteiger partial charge in [-0.25, -0.2) is 4.39 Å². The average Bonchev–Trinajstić information content (AvgIpc) is 2.16. The first-order valence-corrected chi connectivity index (χ1v) is 5.82. The maximum atomic E-state index is 13.1. The van der Waals surface area contributed by atoms with E-state index in [0.29, 0.717) is 6.04 Å². The molecular weight excluding hydrogens is 201 g/mol. The van der Waals surface area contributed by atoms with E-state index in [0.717, 1.165) is 5.56 Å². The van der Waals surface area contributed by atoms with Crippen molar-refractivity contribution in [1.29, 1.82) is 0 Å². The number of hydrogen-bond acceptors (Lipinski definition) is 1. The van der Waals surface area contributed by atoms with E-state index in [1.807, 2.05) is 6.07 Å². The van der Waals surface area contributed by atoms with Crippen LogP contribution in [0.5, 0.6) is 0 Å². The molecule has 1 aromatic rings. The number of benzene rings is 1. The lowest BCUT2D eigenvalue weighted by atomic mass is 9.87. The summed E-state index contributed by atoms with van der Waals surface area (Å²) in [5, 5.41) is 3.50. The highest BCUT2D eigenvalue weighted by Crippen LogP contribution is 2.22. The second-order valence-corrected chi connectivity index (χ2v) is 5.53. The van der Waals surface area contributed by atoms with E-state index in [4.69, 9.17) is 0 Å². The van der Waals surface area contributed by atoms with Gasteiger partial charge in [0.2, 0.25) is 0 Å². The fourth-order valence-electron chi connectivity index (χ4n) is 1.50. The molecule has 2 atom stereocenters. The van der Waals surface area contributed by atoms with Gasteiger partial charge in [0.25, 0.3) is 0 Å². The molecule has 0 spiro atoms. The molecule has 0 saturated heterocycles. The molecule has 0 bridgehead atoms. The summed E-state index contributed by atoms with van der Waals surface area (Å²) in [6, 6.07) is 7.33. The summed E-state index contributed by atoms with van der Waals surface area (Å²) in [4.78, 5) is 0. The first-order valence-electron chi connectivity index (χ1n) is 5.82. The zero-order chi connectivity index (χ0) is 12.3. The Hall–Kier alpha value is -0.890. The number of nitrogens with one attached hydrogen (secondary N) is 1. The van der Waals surface area contributed by atoms with Crippen molar-refractivity contribution in [2.75, 3.05) is 0 Å². The average molecular weight is 223 g/mol. The van der Waals surface area contributed by atoms with Crippen molar-refractivity contribution in [3.05, 3.63) is 35.6 Å². The maximum Gasteiger partial charge on any atom is 0.123 e. The van der Waals surface area contributed by atoms with Crippen molar-refractivity contribution in [2.45, 2.75) is 46.7 Å². The standard InChI is InChI=1S/C14H22FN/c1-10(16-11(2)14(3,4)5)12-7-6-8-13(15)9-12/h6-11,16H,1-5H3. The van der Waals surface area contributed by atoms with Crippen LogP contribution in [0.3, 0.4) is 0 Å². The Balaban J connectivity index is 2.69. The molecule has 2 unspecified atom stereocenters. The lowest BCUT2D eigenvalue weighted by Gasteiger charge is -2.31. The zero-order valence-corrected chi connectivity index (χ0v) is 10.8. The van der Waals surface area contributed by atoms with Gasteiger partial charge in [0.1, 0.15) is 5.82 Å². The Labute approximate surface area is 98.1 Å². The van der Waals surface area contributed by atoms with Crippen molar-refractivity contribution in [3.8, 4) is 0 Å². The molecule has 90 valence electrons. The summed E-state index contributed by atoms with van der Waals surface area (Å²) in [7, 11) is 0. The van der Waals surface area contributed by atoms with Gasteiger partial charge in [-0.3, -0.25) is 0 Å². The van der Waals surface area contributed by atoms with Gasteiger partial charge in [0.15, 0.2) is 0 Å². The van der Waals surface area contributed by atoms with Crippen LogP contribution < -0.4 is 5.32 Å². The van der Waals surface area contributed by atoms with Gasteiger partial charge < -0.3 is 5.32 Å². The predicted molar refractivity (Wildman–Crippen MR) is 66.9 cm³/mol. The summed E-state index contributed by atoms with van der Waals surface area (Å²) in [5.41, 5.74) is 1.21. The Bertz CT molecular complexity index is 341. The second-order valence-electron chi connectivity index (χ2n) is 5.53. The van der Waals surface area contributed by atoms with Gasteiger partial charge in [-0.15, -0.1) is 0 Å². The lowest BCUT2D eigenvalue weighted by molar-refractivity contribution is 0.268. The van der Waals surface area contributed by atoms with Crippen molar-refractivity contribution in [3.63, 3.8) is 0 Å². The number of rotatable bonds is 3. The topological polar surface area (TPSA) is 12.0 Å². The molecule has 0 saturated carbocycles.